The number of dihydropyridines is 1. The number of nitrogens with one attached hydrogen (secondary N) is 1. The Labute approximate surface area is 71.5 Å². The SMILES string of the molecule is NC1=CC=C2C=CC=CC=C2N1. The maximum atomic E-state index is 5.61. The van der Waals surface area contributed by atoms with Crippen LogP contribution in [0.5, 0.6) is 0 Å². The molecule has 0 amide bonds. The molecule has 3 N–H and O–H groups in total. The van der Waals surface area contributed by atoms with Crippen LogP contribution in [-0.2, 0) is 0 Å². The summed E-state index contributed by atoms with van der Waals surface area (Å²) in [5, 5.41) is 3.09. The van der Waals surface area contributed by atoms with Gasteiger partial charge < -0.3 is 11.1 Å². The molecule has 0 atom stereocenters. The van der Waals surface area contributed by atoms with Crippen molar-refractivity contribution in [1.82, 2.24) is 5.32 Å². The van der Waals surface area contributed by atoms with Crippen LogP contribution in [0.2, 0.25) is 0 Å². The van der Waals surface area contributed by atoms with E-state index in [1.165, 1.54) is 0 Å². The normalized spacial score (nSPS) is 19.8. The molecular weight excluding hydrogens is 148 g/mol. The van der Waals surface area contributed by atoms with Crippen LogP contribution in [0.15, 0.2) is 59.6 Å². The summed E-state index contributed by atoms with van der Waals surface area (Å²) in [6.45, 7) is 0. The average Bonchev–Trinajstić information content (AvgIpc) is 2.28. The minimum Gasteiger partial charge on any atom is -0.385 e. The van der Waals surface area contributed by atoms with Crippen LogP contribution in [-0.4, -0.2) is 0 Å². The largest absolute Gasteiger partial charge is 0.385 e. The number of fused-ring (bicyclic) bond motifs is 1. The molecular formula is C10H10N2. The Morgan fingerprint density at radius 2 is 1.92 bits per heavy atom. The Bertz CT molecular complexity index is 341. The van der Waals surface area contributed by atoms with Crippen LogP contribution in [0.25, 0.3) is 0 Å². The van der Waals surface area contributed by atoms with Gasteiger partial charge in [-0.05, 0) is 23.8 Å². The molecule has 0 saturated heterocycles. The first-order chi connectivity index (χ1) is 5.86. The molecule has 0 radical (unpaired) electrons. The first-order valence-corrected chi connectivity index (χ1v) is 3.86. The Morgan fingerprint density at radius 3 is 2.83 bits per heavy atom. The molecule has 0 spiro atoms. The Kier molecular flexibility index (Phi) is 1.59. The van der Waals surface area contributed by atoms with Crippen molar-refractivity contribution < 1.29 is 0 Å². The Morgan fingerprint density at radius 1 is 1.00 bits per heavy atom. The molecule has 2 heteroatoms. The fourth-order valence-corrected chi connectivity index (χ4v) is 1.20. The van der Waals surface area contributed by atoms with Crippen molar-refractivity contribution in [2.45, 2.75) is 0 Å². The second-order valence-corrected chi connectivity index (χ2v) is 2.69. The van der Waals surface area contributed by atoms with Gasteiger partial charge >= 0.3 is 0 Å². The zero-order valence-electron chi connectivity index (χ0n) is 6.62. The van der Waals surface area contributed by atoms with Crippen LogP contribution in [0.4, 0.5) is 0 Å². The molecule has 60 valence electrons. The minimum absolute atomic E-state index is 0.689. The van der Waals surface area contributed by atoms with Crippen molar-refractivity contribution >= 4 is 0 Å². The van der Waals surface area contributed by atoms with Gasteiger partial charge in [-0.1, -0.05) is 24.3 Å². The van der Waals surface area contributed by atoms with E-state index in [2.05, 4.69) is 5.32 Å². The molecule has 12 heavy (non-hydrogen) atoms. The fraction of sp³-hybridized carbons (Fsp3) is 0. The highest BCUT2D eigenvalue weighted by molar-refractivity contribution is 5.49. The van der Waals surface area contributed by atoms with E-state index in [-0.39, 0.29) is 0 Å². The van der Waals surface area contributed by atoms with E-state index < -0.39 is 0 Å². The molecule has 0 aromatic rings. The molecule has 1 aliphatic carbocycles. The quantitative estimate of drug-likeness (QED) is 0.558. The van der Waals surface area contributed by atoms with Gasteiger partial charge in [0.15, 0.2) is 0 Å². The molecule has 1 aliphatic heterocycles. The third-order valence-electron chi connectivity index (χ3n) is 1.79. The standard InChI is InChI=1S/C10H10N2/c11-10-7-6-8-4-2-1-3-5-9(8)12-10/h1-7,12H,11H2. The molecule has 2 nitrogen and oxygen atoms in total. The maximum absolute atomic E-state index is 5.61. The Hall–Kier alpha value is -1.70. The summed E-state index contributed by atoms with van der Waals surface area (Å²) in [6.07, 6.45) is 13.9. The number of rotatable bonds is 0. The van der Waals surface area contributed by atoms with Gasteiger partial charge in [0.25, 0.3) is 0 Å². The van der Waals surface area contributed by atoms with Gasteiger partial charge in [-0.3, -0.25) is 0 Å². The van der Waals surface area contributed by atoms with E-state index in [9.17, 15) is 0 Å². The second kappa shape index (κ2) is 2.74. The first-order valence-electron chi connectivity index (χ1n) is 3.86. The van der Waals surface area contributed by atoms with Gasteiger partial charge in [-0.25, -0.2) is 0 Å². The highest BCUT2D eigenvalue weighted by atomic mass is 15.0. The van der Waals surface area contributed by atoms with Gasteiger partial charge in [0, 0.05) is 5.70 Å². The molecule has 0 bridgehead atoms. The lowest BCUT2D eigenvalue weighted by atomic mass is 10.1. The van der Waals surface area contributed by atoms with Crippen molar-refractivity contribution in [2.24, 2.45) is 5.73 Å². The summed E-state index contributed by atoms with van der Waals surface area (Å²) in [5.41, 5.74) is 7.83. The summed E-state index contributed by atoms with van der Waals surface area (Å²) >= 11 is 0. The third-order valence-corrected chi connectivity index (χ3v) is 1.79. The monoisotopic (exact) mass is 158 g/mol. The lowest BCUT2D eigenvalue weighted by Crippen LogP contribution is -2.22. The summed E-state index contributed by atoms with van der Waals surface area (Å²) in [6, 6.07) is 0. The van der Waals surface area contributed by atoms with Gasteiger partial charge in [-0.15, -0.1) is 0 Å². The van der Waals surface area contributed by atoms with Crippen molar-refractivity contribution in [1.29, 1.82) is 0 Å². The maximum Gasteiger partial charge on any atom is 0.100 e. The van der Waals surface area contributed by atoms with Crippen LogP contribution < -0.4 is 11.1 Å². The van der Waals surface area contributed by atoms with E-state index in [1.54, 1.807) is 0 Å². The molecule has 2 rings (SSSR count). The van der Waals surface area contributed by atoms with Crippen LogP contribution in [0.3, 0.4) is 0 Å². The predicted molar refractivity (Wildman–Crippen MR) is 49.9 cm³/mol. The highest BCUT2D eigenvalue weighted by Gasteiger charge is 2.06. The van der Waals surface area contributed by atoms with Crippen molar-refractivity contribution in [3.63, 3.8) is 0 Å². The van der Waals surface area contributed by atoms with Gasteiger partial charge in [0.05, 0.1) is 0 Å². The summed E-state index contributed by atoms with van der Waals surface area (Å²) < 4.78 is 0. The first kappa shape index (κ1) is 6.98. The van der Waals surface area contributed by atoms with E-state index in [1.807, 2.05) is 42.5 Å². The number of allylic oxidation sites excluding steroid dienone is 7. The predicted octanol–water partition coefficient (Wildman–Crippen LogP) is 1.33. The molecule has 2 aliphatic rings. The molecule has 0 saturated carbocycles. The number of hydrogen-bond donors (Lipinski definition) is 2. The van der Waals surface area contributed by atoms with E-state index in [0.717, 1.165) is 11.3 Å². The van der Waals surface area contributed by atoms with E-state index in [4.69, 9.17) is 5.73 Å². The average molecular weight is 158 g/mol. The lowest BCUT2D eigenvalue weighted by molar-refractivity contribution is 0.950. The molecule has 0 unspecified atom stereocenters. The van der Waals surface area contributed by atoms with E-state index in [0.29, 0.717) is 5.82 Å². The van der Waals surface area contributed by atoms with Crippen LogP contribution in [0.1, 0.15) is 0 Å². The smallest absolute Gasteiger partial charge is 0.100 e. The molecule has 1 heterocycles. The molecule has 0 aromatic carbocycles. The summed E-state index contributed by atoms with van der Waals surface area (Å²) in [4.78, 5) is 0. The number of hydrogen-bond acceptors (Lipinski definition) is 2. The Balaban J connectivity index is 2.43. The van der Waals surface area contributed by atoms with Gasteiger partial charge in [-0.2, -0.15) is 0 Å². The zero-order chi connectivity index (χ0) is 8.39. The molecule has 0 fully saturated rings. The van der Waals surface area contributed by atoms with E-state index >= 15 is 0 Å². The van der Waals surface area contributed by atoms with Crippen molar-refractivity contribution in [3.8, 4) is 0 Å². The van der Waals surface area contributed by atoms with Crippen LogP contribution in [0, 0.1) is 0 Å². The number of nitrogens with two attached hydrogens (primary N) is 1. The summed E-state index contributed by atoms with van der Waals surface area (Å²) in [5.74, 6) is 0.689. The van der Waals surface area contributed by atoms with Crippen LogP contribution >= 0.6 is 0 Å². The van der Waals surface area contributed by atoms with Crippen molar-refractivity contribution in [2.75, 3.05) is 0 Å². The topological polar surface area (TPSA) is 38.0 Å². The highest BCUT2D eigenvalue weighted by Crippen LogP contribution is 2.16. The van der Waals surface area contributed by atoms with Gasteiger partial charge in [0.1, 0.15) is 5.82 Å². The van der Waals surface area contributed by atoms with Crippen molar-refractivity contribution in [3.05, 3.63) is 59.6 Å². The molecule has 0 aromatic heterocycles. The lowest BCUT2D eigenvalue weighted by Gasteiger charge is -2.14. The second-order valence-electron chi connectivity index (χ2n) is 2.69. The van der Waals surface area contributed by atoms with Gasteiger partial charge in [0.2, 0.25) is 0 Å². The fourth-order valence-electron chi connectivity index (χ4n) is 1.20. The summed E-state index contributed by atoms with van der Waals surface area (Å²) in [7, 11) is 0. The zero-order valence-corrected chi connectivity index (χ0v) is 6.62. The third kappa shape index (κ3) is 1.19. The minimum atomic E-state index is 0.689.